The molecule has 102 valence electrons. The highest BCUT2D eigenvalue weighted by atomic mass is 16.5. The fourth-order valence-corrected chi connectivity index (χ4v) is 3.09. The molecule has 0 fully saturated rings. The van der Waals surface area contributed by atoms with Crippen molar-refractivity contribution >= 4 is 5.90 Å². The Morgan fingerprint density at radius 2 is 2.26 bits per heavy atom. The molecule has 1 heterocycles. The van der Waals surface area contributed by atoms with Crippen molar-refractivity contribution in [3.8, 4) is 5.75 Å². The summed E-state index contributed by atoms with van der Waals surface area (Å²) in [5.74, 6) is 0.707. The molecule has 3 rings (SSSR count). The summed E-state index contributed by atoms with van der Waals surface area (Å²) in [7, 11) is 0. The third-order valence-electron chi connectivity index (χ3n) is 3.91. The number of aliphatic hydroxyl groups excluding tert-OH is 1. The molecule has 19 heavy (non-hydrogen) atoms. The molecule has 0 spiro atoms. The van der Waals surface area contributed by atoms with Crippen LogP contribution in [0.25, 0.3) is 0 Å². The molecule has 0 saturated carbocycles. The van der Waals surface area contributed by atoms with Crippen molar-refractivity contribution in [2.24, 2.45) is 0 Å². The van der Waals surface area contributed by atoms with E-state index in [2.05, 4.69) is 6.07 Å². The lowest BCUT2D eigenvalue weighted by molar-refractivity contribution is 0.185. The van der Waals surface area contributed by atoms with E-state index >= 15 is 0 Å². The van der Waals surface area contributed by atoms with Gasteiger partial charge in [-0.15, -0.1) is 0 Å². The molecular formula is C15H19NO3. The van der Waals surface area contributed by atoms with Gasteiger partial charge in [0.2, 0.25) is 5.90 Å². The maximum absolute atomic E-state index is 10.4. The standard InChI is InChI=1S/C15H19NO3/c1-2-18-15(16)13(17)12-11-5-3-4-9(11)8-10-6-7-19-14(10)12/h8,13,16-17H,2-7H2,1H3. The number of hydrogen-bond acceptors (Lipinski definition) is 4. The van der Waals surface area contributed by atoms with Crippen LogP contribution in [0.3, 0.4) is 0 Å². The van der Waals surface area contributed by atoms with Crippen LogP contribution in [-0.4, -0.2) is 24.2 Å². The summed E-state index contributed by atoms with van der Waals surface area (Å²) in [6.07, 6.45) is 3.02. The summed E-state index contributed by atoms with van der Waals surface area (Å²) in [6.45, 7) is 2.88. The van der Waals surface area contributed by atoms with Crippen LogP contribution in [0.4, 0.5) is 0 Å². The Bertz CT molecular complexity index is 492. The summed E-state index contributed by atoms with van der Waals surface area (Å²) < 4.78 is 10.8. The number of hydrogen-bond donors (Lipinski definition) is 2. The zero-order valence-electron chi connectivity index (χ0n) is 11.2. The smallest absolute Gasteiger partial charge is 0.215 e. The van der Waals surface area contributed by atoms with Gasteiger partial charge in [-0.1, -0.05) is 6.07 Å². The maximum atomic E-state index is 10.4. The van der Waals surface area contributed by atoms with E-state index < -0.39 is 6.10 Å². The van der Waals surface area contributed by atoms with Crippen molar-refractivity contribution in [2.45, 2.75) is 38.7 Å². The topological polar surface area (TPSA) is 62.5 Å². The van der Waals surface area contributed by atoms with E-state index in [1.165, 1.54) is 11.1 Å². The van der Waals surface area contributed by atoms with E-state index in [0.29, 0.717) is 13.2 Å². The molecule has 2 aliphatic rings. The van der Waals surface area contributed by atoms with Crippen LogP contribution in [0.2, 0.25) is 0 Å². The number of aliphatic hydroxyl groups is 1. The molecule has 1 atom stereocenters. The first-order valence-electron chi connectivity index (χ1n) is 6.92. The minimum Gasteiger partial charge on any atom is -0.493 e. The van der Waals surface area contributed by atoms with Gasteiger partial charge in [0.05, 0.1) is 13.2 Å². The van der Waals surface area contributed by atoms with Crippen LogP contribution in [0.5, 0.6) is 5.75 Å². The summed E-state index contributed by atoms with van der Waals surface area (Å²) in [5.41, 5.74) is 4.42. The van der Waals surface area contributed by atoms with Crippen LogP contribution in [0, 0.1) is 5.41 Å². The normalized spacial score (nSPS) is 17.6. The number of ether oxygens (including phenoxy) is 2. The molecule has 0 amide bonds. The third kappa shape index (κ3) is 2.00. The summed E-state index contributed by atoms with van der Waals surface area (Å²) >= 11 is 0. The van der Waals surface area contributed by atoms with Gasteiger partial charge in [-0.3, -0.25) is 5.41 Å². The Kier molecular flexibility index (Phi) is 3.19. The van der Waals surface area contributed by atoms with E-state index in [0.717, 1.165) is 42.6 Å². The highest BCUT2D eigenvalue weighted by Crippen LogP contribution is 2.41. The molecule has 2 N–H and O–H groups in total. The van der Waals surface area contributed by atoms with Gasteiger partial charge in [0.15, 0.2) is 6.10 Å². The molecule has 1 unspecified atom stereocenters. The van der Waals surface area contributed by atoms with Gasteiger partial charge < -0.3 is 14.6 Å². The number of rotatable bonds is 3. The molecular weight excluding hydrogens is 242 g/mol. The van der Waals surface area contributed by atoms with Gasteiger partial charge in [0.1, 0.15) is 5.75 Å². The first-order valence-corrected chi connectivity index (χ1v) is 6.92. The highest BCUT2D eigenvalue weighted by molar-refractivity contribution is 5.81. The molecule has 4 nitrogen and oxygen atoms in total. The second-order valence-corrected chi connectivity index (χ2v) is 5.07. The predicted octanol–water partition coefficient (Wildman–Crippen LogP) is 2.16. The van der Waals surface area contributed by atoms with Crippen molar-refractivity contribution in [2.75, 3.05) is 13.2 Å². The summed E-state index contributed by atoms with van der Waals surface area (Å²) in [5, 5.41) is 18.2. The molecule has 4 heteroatoms. The van der Waals surface area contributed by atoms with E-state index in [1.54, 1.807) is 0 Å². The Morgan fingerprint density at radius 1 is 1.42 bits per heavy atom. The number of benzene rings is 1. The largest absolute Gasteiger partial charge is 0.493 e. The third-order valence-corrected chi connectivity index (χ3v) is 3.91. The van der Waals surface area contributed by atoms with Crippen LogP contribution >= 0.6 is 0 Å². The molecule has 0 aromatic heterocycles. The van der Waals surface area contributed by atoms with Gasteiger partial charge in [-0.25, -0.2) is 0 Å². The number of fused-ring (bicyclic) bond motifs is 2. The predicted molar refractivity (Wildman–Crippen MR) is 72.0 cm³/mol. The lowest BCUT2D eigenvalue weighted by Crippen LogP contribution is -2.17. The van der Waals surface area contributed by atoms with Gasteiger partial charge in [0, 0.05) is 12.0 Å². The van der Waals surface area contributed by atoms with Gasteiger partial charge in [-0.2, -0.15) is 0 Å². The molecule has 0 bridgehead atoms. The first kappa shape index (κ1) is 12.5. The minimum absolute atomic E-state index is 0.0829. The first-order chi connectivity index (χ1) is 9.22. The number of nitrogens with one attached hydrogen (secondary N) is 1. The van der Waals surface area contributed by atoms with Crippen LogP contribution in [0.15, 0.2) is 6.07 Å². The zero-order chi connectivity index (χ0) is 13.4. The Morgan fingerprint density at radius 3 is 3.05 bits per heavy atom. The monoisotopic (exact) mass is 261 g/mol. The average molecular weight is 261 g/mol. The van der Waals surface area contributed by atoms with Gasteiger partial charge in [0.25, 0.3) is 0 Å². The fourth-order valence-electron chi connectivity index (χ4n) is 3.09. The summed E-state index contributed by atoms with van der Waals surface area (Å²) in [4.78, 5) is 0. The van der Waals surface area contributed by atoms with E-state index in [4.69, 9.17) is 14.9 Å². The maximum Gasteiger partial charge on any atom is 0.215 e. The van der Waals surface area contributed by atoms with E-state index in [1.807, 2.05) is 6.92 Å². The van der Waals surface area contributed by atoms with Crippen LogP contribution in [-0.2, 0) is 24.0 Å². The molecule has 1 aromatic rings. The van der Waals surface area contributed by atoms with E-state index in [9.17, 15) is 5.11 Å². The molecule has 0 saturated heterocycles. The Hall–Kier alpha value is -1.55. The van der Waals surface area contributed by atoms with Crippen molar-refractivity contribution in [1.82, 2.24) is 0 Å². The van der Waals surface area contributed by atoms with Gasteiger partial charge in [-0.05, 0) is 42.9 Å². The van der Waals surface area contributed by atoms with Gasteiger partial charge >= 0.3 is 0 Å². The lowest BCUT2D eigenvalue weighted by Gasteiger charge is -2.19. The highest BCUT2D eigenvalue weighted by Gasteiger charge is 2.31. The van der Waals surface area contributed by atoms with Crippen molar-refractivity contribution in [3.05, 3.63) is 28.3 Å². The van der Waals surface area contributed by atoms with Crippen LogP contribution < -0.4 is 4.74 Å². The fraction of sp³-hybridized carbons (Fsp3) is 0.533. The average Bonchev–Trinajstić information content (AvgIpc) is 3.02. The molecule has 1 aliphatic carbocycles. The summed E-state index contributed by atoms with van der Waals surface area (Å²) in [6, 6.07) is 2.21. The van der Waals surface area contributed by atoms with E-state index in [-0.39, 0.29) is 5.90 Å². The Balaban J connectivity index is 2.07. The lowest BCUT2D eigenvalue weighted by atomic mass is 9.94. The molecule has 0 radical (unpaired) electrons. The molecule has 1 aromatic carbocycles. The minimum atomic E-state index is -1.00. The second-order valence-electron chi connectivity index (χ2n) is 5.07. The Labute approximate surface area is 112 Å². The SMILES string of the molecule is CCOC(=N)C(O)c1c2c(cc3c1OCC3)CCC2. The quantitative estimate of drug-likeness (QED) is 0.647. The second kappa shape index (κ2) is 4.85. The molecule has 1 aliphatic heterocycles. The van der Waals surface area contributed by atoms with Crippen LogP contribution in [0.1, 0.15) is 41.7 Å². The van der Waals surface area contributed by atoms with Crippen molar-refractivity contribution in [1.29, 1.82) is 5.41 Å². The van der Waals surface area contributed by atoms with Crippen molar-refractivity contribution in [3.63, 3.8) is 0 Å². The van der Waals surface area contributed by atoms with Crippen molar-refractivity contribution < 1.29 is 14.6 Å². The zero-order valence-corrected chi connectivity index (χ0v) is 11.2. The number of aryl methyl sites for hydroxylation is 1.